The second kappa shape index (κ2) is 7.67. The van der Waals surface area contributed by atoms with Crippen molar-refractivity contribution >= 4 is 0 Å². The van der Waals surface area contributed by atoms with Crippen LogP contribution in [0.15, 0.2) is 47.4 Å². The fourth-order valence-electron chi connectivity index (χ4n) is 3.57. The van der Waals surface area contributed by atoms with Crippen LogP contribution < -0.4 is 5.43 Å². The van der Waals surface area contributed by atoms with Gasteiger partial charge in [-0.15, -0.1) is 0 Å². The summed E-state index contributed by atoms with van der Waals surface area (Å²) in [5.41, 5.74) is 1.81. The molecule has 0 aliphatic heterocycles. The Bertz CT molecular complexity index is 718. The molecular formula is C20H26N2O2. The number of hydrogen-bond acceptors (Lipinski definition) is 3. The molecule has 1 fully saturated rings. The standard InChI is InChI=1S/C20H26N2O2/c1-21(17-10-6-3-7-11-17)14-18-12-19(23)20(24)15-22(18)13-16-8-4-2-5-9-16/h2,4-5,8-9,12,15,17,24H,3,6-7,10-11,13-14H2,1H3. The first-order valence-corrected chi connectivity index (χ1v) is 8.80. The van der Waals surface area contributed by atoms with Crippen molar-refractivity contribution in [2.75, 3.05) is 7.05 Å². The van der Waals surface area contributed by atoms with E-state index in [0.29, 0.717) is 12.6 Å². The third-order valence-corrected chi connectivity index (χ3v) is 5.00. The van der Waals surface area contributed by atoms with Gasteiger partial charge in [-0.1, -0.05) is 49.6 Å². The highest BCUT2D eigenvalue weighted by atomic mass is 16.3. The Kier molecular flexibility index (Phi) is 5.36. The van der Waals surface area contributed by atoms with Crippen molar-refractivity contribution in [2.24, 2.45) is 0 Å². The van der Waals surface area contributed by atoms with Gasteiger partial charge in [-0.3, -0.25) is 9.69 Å². The summed E-state index contributed by atoms with van der Waals surface area (Å²) in [6.07, 6.45) is 7.96. The molecular weight excluding hydrogens is 300 g/mol. The maximum Gasteiger partial charge on any atom is 0.223 e. The largest absolute Gasteiger partial charge is 0.503 e. The maximum atomic E-state index is 11.9. The normalized spacial score (nSPS) is 15.8. The van der Waals surface area contributed by atoms with Gasteiger partial charge in [-0.2, -0.15) is 0 Å². The molecule has 4 heteroatoms. The summed E-state index contributed by atoms with van der Waals surface area (Å²) in [5, 5.41) is 9.84. The minimum Gasteiger partial charge on any atom is -0.503 e. The molecule has 0 bridgehead atoms. The minimum atomic E-state index is -0.300. The van der Waals surface area contributed by atoms with Crippen LogP contribution in [0.5, 0.6) is 5.75 Å². The van der Waals surface area contributed by atoms with E-state index < -0.39 is 0 Å². The molecule has 4 nitrogen and oxygen atoms in total. The quantitative estimate of drug-likeness (QED) is 0.916. The van der Waals surface area contributed by atoms with Gasteiger partial charge in [0.25, 0.3) is 0 Å². The lowest BCUT2D eigenvalue weighted by molar-refractivity contribution is 0.180. The Labute approximate surface area is 143 Å². The molecule has 0 radical (unpaired) electrons. The second-order valence-electron chi connectivity index (χ2n) is 6.83. The van der Waals surface area contributed by atoms with Crippen LogP contribution in [0.1, 0.15) is 43.4 Å². The van der Waals surface area contributed by atoms with E-state index in [-0.39, 0.29) is 11.2 Å². The lowest BCUT2D eigenvalue weighted by Crippen LogP contribution is -2.34. The van der Waals surface area contributed by atoms with E-state index in [1.165, 1.54) is 32.1 Å². The summed E-state index contributed by atoms with van der Waals surface area (Å²) < 4.78 is 1.99. The molecule has 128 valence electrons. The number of aromatic hydroxyl groups is 1. The van der Waals surface area contributed by atoms with Crippen LogP contribution in [0.25, 0.3) is 0 Å². The van der Waals surface area contributed by atoms with Crippen LogP contribution >= 0.6 is 0 Å². The third-order valence-electron chi connectivity index (χ3n) is 5.00. The first-order chi connectivity index (χ1) is 11.6. The van der Waals surface area contributed by atoms with Crippen molar-refractivity contribution in [3.8, 4) is 5.75 Å². The molecule has 0 atom stereocenters. The molecule has 0 amide bonds. The van der Waals surface area contributed by atoms with E-state index in [2.05, 4.69) is 24.1 Å². The summed E-state index contributed by atoms with van der Waals surface area (Å²) in [4.78, 5) is 14.3. The molecule has 1 aromatic heterocycles. The Morgan fingerprint density at radius 3 is 2.58 bits per heavy atom. The number of nitrogens with zero attached hydrogens (tertiary/aromatic N) is 2. The molecule has 0 spiro atoms. The van der Waals surface area contributed by atoms with Crippen molar-refractivity contribution < 1.29 is 5.11 Å². The van der Waals surface area contributed by atoms with E-state index in [1.54, 1.807) is 12.3 Å². The zero-order valence-corrected chi connectivity index (χ0v) is 14.3. The summed E-state index contributed by atoms with van der Waals surface area (Å²) in [6, 6.07) is 12.3. The van der Waals surface area contributed by atoms with Gasteiger partial charge in [0.1, 0.15) is 0 Å². The van der Waals surface area contributed by atoms with Gasteiger partial charge in [0.05, 0.1) is 6.20 Å². The van der Waals surface area contributed by atoms with Crippen LogP contribution in [0.4, 0.5) is 0 Å². The second-order valence-corrected chi connectivity index (χ2v) is 6.83. The Morgan fingerprint density at radius 2 is 1.88 bits per heavy atom. The van der Waals surface area contributed by atoms with Crippen LogP contribution in [-0.4, -0.2) is 27.7 Å². The summed E-state index contributed by atoms with van der Waals surface area (Å²) in [5.74, 6) is -0.185. The number of aromatic nitrogens is 1. The van der Waals surface area contributed by atoms with Gasteiger partial charge >= 0.3 is 0 Å². The van der Waals surface area contributed by atoms with Gasteiger partial charge in [0.2, 0.25) is 5.43 Å². The molecule has 1 saturated carbocycles. The van der Waals surface area contributed by atoms with Gasteiger partial charge in [-0.05, 0) is 25.5 Å². The lowest BCUT2D eigenvalue weighted by Gasteiger charge is -2.31. The molecule has 1 aliphatic carbocycles. The van der Waals surface area contributed by atoms with Crippen LogP contribution in [0.2, 0.25) is 0 Å². The SMILES string of the molecule is CN(Cc1cc(=O)c(O)cn1Cc1ccccc1)C1CCCCC1. The zero-order chi connectivity index (χ0) is 16.9. The lowest BCUT2D eigenvalue weighted by atomic mass is 9.94. The molecule has 24 heavy (non-hydrogen) atoms. The average Bonchev–Trinajstić information content (AvgIpc) is 2.61. The molecule has 3 rings (SSSR count). The molecule has 1 N–H and O–H groups in total. The van der Waals surface area contributed by atoms with Crippen molar-refractivity contribution in [1.82, 2.24) is 9.47 Å². The number of rotatable bonds is 5. The van der Waals surface area contributed by atoms with Crippen LogP contribution in [0, 0.1) is 0 Å². The minimum absolute atomic E-state index is 0.185. The Morgan fingerprint density at radius 1 is 1.17 bits per heavy atom. The predicted octanol–water partition coefficient (Wildman–Crippen LogP) is 3.37. The fourth-order valence-corrected chi connectivity index (χ4v) is 3.57. The highest BCUT2D eigenvalue weighted by Gasteiger charge is 2.19. The average molecular weight is 326 g/mol. The van der Waals surface area contributed by atoms with Gasteiger partial charge in [-0.25, -0.2) is 0 Å². The molecule has 0 saturated heterocycles. The summed E-state index contributed by atoms with van der Waals surface area (Å²) >= 11 is 0. The number of pyridine rings is 1. The molecule has 1 aromatic carbocycles. The van der Waals surface area contributed by atoms with Crippen molar-refractivity contribution in [3.05, 3.63) is 64.1 Å². The first-order valence-electron chi connectivity index (χ1n) is 8.80. The molecule has 2 aromatic rings. The number of hydrogen-bond donors (Lipinski definition) is 1. The van der Waals surface area contributed by atoms with Crippen LogP contribution in [0.3, 0.4) is 0 Å². The number of benzene rings is 1. The highest BCUT2D eigenvalue weighted by molar-refractivity contribution is 5.23. The van der Waals surface area contributed by atoms with Gasteiger partial charge in [0, 0.05) is 30.9 Å². The van der Waals surface area contributed by atoms with Crippen LogP contribution in [-0.2, 0) is 13.1 Å². The molecule has 1 heterocycles. The molecule has 1 aliphatic rings. The van der Waals surface area contributed by atoms with E-state index in [9.17, 15) is 9.90 Å². The predicted molar refractivity (Wildman–Crippen MR) is 96.3 cm³/mol. The van der Waals surface area contributed by atoms with E-state index >= 15 is 0 Å². The zero-order valence-electron chi connectivity index (χ0n) is 14.3. The Hall–Kier alpha value is -2.07. The van der Waals surface area contributed by atoms with Crippen molar-refractivity contribution in [1.29, 1.82) is 0 Å². The molecule has 0 unspecified atom stereocenters. The first kappa shape index (κ1) is 16.8. The van der Waals surface area contributed by atoms with E-state index in [0.717, 1.165) is 17.8 Å². The summed E-state index contributed by atoms with van der Waals surface area (Å²) in [6.45, 7) is 1.38. The van der Waals surface area contributed by atoms with Crippen molar-refractivity contribution in [2.45, 2.75) is 51.2 Å². The Balaban J connectivity index is 1.82. The smallest absolute Gasteiger partial charge is 0.223 e. The van der Waals surface area contributed by atoms with E-state index in [4.69, 9.17) is 0 Å². The van der Waals surface area contributed by atoms with E-state index in [1.807, 2.05) is 22.8 Å². The van der Waals surface area contributed by atoms with Gasteiger partial charge in [0.15, 0.2) is 5.75 Å². The topological polar surface area (TPSA) is 45.5 Å². The van der Waals surface area contributed by atoms with Gasteiger partial charge < -0.3 is 9.67 Å². The third kappa shape index (κ3) is 4.06. The van der Waals surface area contributed by atoms with Crippen molar-refractivity contribution in [3.63, 3.8) is 0 Å². The highest BCUT2D eigenvalue weighted by Crippen LogP contribution is 2.23. The summed E-state index contributed by atoms with van der Waals surface area (Å²) in [7, 11) is 2.14. The monoisotopic (exact) mass is 326 g/mol. The maximum absolute atomic E-state index is 11.9. The fraction of sp³-hybridized carbons (Fsp3) is 0.450.